The minimum atomic E-state index is -0.0546. The van der Waals surface area contributed by atoms with Gasteiger partial charge < -0.3 is 4.74 Å². The van der Waals surface area contributed by atoms with Gasteiger partial charge in [-0.1, -0.05) is 49.5 Å². The van der Waals surface area contributed by atoms with Crippen LogP contribution in [0.25, 0.3) is 0 Å². The van der Waals surface area contributed by atoms with Crippen molar-refractivity contribution in [1.29, 1.82) is 0 Å². The van der Waals surface area contributed by atoms with Crippen molar-refractivity contribution in [2.75, 3.05) is 6.61 Å². The molecule has 2 nitrogen and oxygen atoms in total. The molecular formula is C16H25BO2. The van der Waals surface area contributed by atoms with Crippen LogP contribution >= 0.6 is 0 Å². The summed E-state index contributed by atoms with van der Waals surface area (Å²) in [4.78, 5) is 11.4. The number of ether oxygens (including phenoxy) is 1. The Morgan fingerprint density at radius 3 is 2.53 bits per heavy atom. The van der Waals surface area contributed by atoms with Crippen LogP contribution in [0.1, 0.15) is 45.1 Å². The van der Waals surface area contributed by atoms with Crippen LogP contribution in [0.15, 0.2) is 24.3 Å². The largest absolute Gasteiger partial charge is 0.466 e. The van der Waals surface area contributed by atoms with E-state index in [4.69, 9.17) is 4.74 Å². The number of rotatable bonds is 8. The van der Waals surface area contributed by atoms with Gasteiger partial charge in [0.2, 0.25) is 0 Å². The molecule has 1 aromatic rings. The van der Waals surface area contributed by atoms with Crippen LogP contribution in [0, 0.1) is 5.92 Å². The van der Waals surface area contributed by atoms with E-state index in [2.05, 4.69) is 32.1 Å². The molecule has 19 heavy (non-hydrogen) atoms. The van der Waals surface area contributed by atoms with Gasteiger partial charge in [-0.2, -0.15) is 0 Å². The van der Waals surface area contributed by atoms with Gasteiger partial charge in [0.05, 0.1) is 12.5 Å². The van der Waals surface area contributed by atoms with Crippen LogP contribution in [0.4, 0.5) is 0 Å². The SMILES string of the molecule is Bc1ccc(CCCCCC(C)C(=O)OCC)cc1. The number of benzene rings is 1. The maximum absolute atomic E-state index is 11.4. The number of unbranched alkanes of at least 4 members (excludes halogenated alkanes) is 2. The minimum Gasteiger partial charge on any atom is -0.466 e. The highest BCUT2D eigenvalue weighted by Crippen LogP contribution is 2.13. The Balaban J connectivity index is 2.11. The number of hydrogen-bond donors (Lipinski definition) is 0. The molecule has 0 bridgehead atoms. The third kappa shape index (κ3) is 6.46. The maximum atomic E-state index is 11.4. The van der Waals surface area contributed by atoms with Crippen molar-refractivity contribution in [3.8, 4) is 0 Å². The van der Waals surface area contributed by atoms with Crippen molar-refractivity contribution in [3.63, 3.8) is 0 Å². The zero-order valence-electron chi connectivity index (χ0n) is 12.4. The summed E-state index contributed by atoms with van der Waals surface area (Å²) in [6, 6.07) is 8.74. The van der Waals surface area contributed by atoms with Gasteiger partial charge in [0.15, 0.2) is 0 Å². The Labute approximate surface area is 118 Å². The molecule has 1 rings (SSSR count). The second-order valence-electron chi connectivity index (χ2n) is 5.24. The third-order valence-corrected chi connectivity index (χ3v) is 3.41. The first kappa shape index (κ1) is 15.8. The lowest BCUT2D eigenvalue weighted by atomic mass is 9.94. The molecule has 0 saturated carbocycles. The zero-order chi connectivity index (χ0) is 14.1. The standard InChI is InChI=1S/C16H25BO2/c1-3-19-16(18)13(2)7-5-4-6-8-14-9-11-15(17)12-10-14/h9-13H,3-8,17H2,1-2H3. The number of carbonyl (C=O) groups is 1. The van der Waals surface area contributed by atoms with Crippen molar-refractivity contribution in [2.24, 2.45) is 5.92 Å². The van der Waals surface area contributed by atoms with Gasteiger partial charge in [0, 0.05) is 0 Å². The Morgan fingerprint density at radius 2 is 1.89 bits per heavy atom. The molecular weight excluding hydrogens is 235 g/mol. The molecule has 3 heteroatoms. The van der Waals surface area contributed by atoms with Gasteiger partial charge in [0.1, 0.15) is 7.85 Å². The molecule has 1 atom stereocenters. The summed E-state index contributed by atoms with van der Waals surface area (Å²) in [5.74, 6) is -0.0136. The van der Waals surface area contributed by atoms with Gasteiger partial charge in [-0.3, -0.25) is 4.79 Å². The first-order chi connectivity index (χ1) is 9.13. The average Bonchev–Trinajstić information content (AvgIpc) is 2.40. The lowest BCUT2D eigenvalue weighted by Gasteiger charge is -2.09. The number of carbonyl (C=O) groups excluding carboxylic acids is 1. The summed E-state index contributed by atoms with van der Waals surface area (Å²) in [6.45, 7) is 4.29. The molecule has 0 spiro atoms. The van der Waals surface area contributed by atoms with E-state index in [-0.39, 0.29) is 11.9 Å². The van der Waals surface area contributed by atoms with Gasteiger partial charge >= 0.3 is 5.97 Å². The molecule has 0 fully saturated rings. The molecule has 0 heterocycles. The second kappa shape index (κ2) is 8.79. The Kier molecular flexibility index (Phi) is 7.31. The van der Waals surface area contributed by atoms with E-state index < -0.39 is 0 Å². The highest BCUT2D eigenvalue weighted by Gasteiger charge is 2.12. The van der Waals surface area contributed by atoms with Gasteiger partial charge in [-0.25, -0.2) is 0 Å². The van der Waals surface area contributed by atoms with Crippen molar-refractivity contribution in [2.45, 2.75) is 46.0 Å². The highest BCUT2D eigenvalue weighted by molar-refractivity contribution is 6.32. The second-order valence-corrected chi connectivity index (χ2v) is 5.24. The van der Waals surface area contributed by atoms with Crippen LogP contribution in [-0.2, 0) is 16.0 Å². The maximum Gasteiger partial charge on any atom is 0.308 e. The average molecular weight is 260 g/mol. The molecule has 0 saturated heterocycles. The van der Waals surface area contributed by atoms with Gasteiger partial charge in [-0.15, -0.1) is 0 Å². The van der Waals surface area contributed by atoms with E-state index in [0.717, 1.165) is 19.3 Å². The quantitative estimate of drug-likeness (QED) is 0.407. The first-order valence-corrected chi connectivity index (χ1v) is 7.35. The fourth-order valence-corrected chi connectivity index (χ4v) is 2.11. The summed E-state index contributed by atoms with van der Waals surface area (Å²) in [5.41, 5.74) is 2.72. The Hall–Kier alpha value is -1.25. The molecule has 104 valence electrons. The predicted molar refractivity (Wildman–Crippen MR) is 82.6 cm³/mol. The normalized spacial score (nSPS) is 12.1. The van der Waals surface area contributed by atoms with Crippen LogP contribution in [-0.4, -0.2) is 20.4 Å². The number of hydrogen-bond acceptors (Lipinski definition) is 2. The van der Waals surface area contributed by atoms with Crippen molar-refractivity contribution >= 4 is 19.3 Å². The van der Waals surface area contributed by atoms with E-state index >= 15 is 0 Å². The van der Waals surface area contributed by atoms with Gasteiger partial charge in [0.25, 0.3) is 0 Å². The van der Waals surface area contributed by atoms with Crippen molar-refractivity contribution in [3.05, 3.63) is 29.8 Å². The van der Waals surface area contributed by atoms with Gasteiger partial charge in [-0.05, 0) is 31.7 Å². The molecule has 0 aromatic heterocycles. The molecule has 0 aliphatic heterocycles. The molecule has 1 unspecified atom stereocenters. The molecule has 0 aliphatic carbocycles. The van der Waals surface area contributed by atoms with Crippen molar-refractivity contribution < 1.29 is 9.53 Å². The summed E-state index contributed by atoms with van der Waals surface area (Å²) in [5, 5.41) is 0. The van der Waals surface area contributed by atoms with Crippen LogP contribution in [0.3, 0.4) is 0 Å². The van der Waals surface area contributed by atoms with E-state index in [0.29, 0.717) is 6.61 Å². The first-order valence-electron chi connectivity index (χ1n) is 7.35. The van der Waals surface area contributed by atoms with Crippen LogP contribution in [0.5, 0.6) is 0 Å². The Bertz CT molecular complexity index is 373. The molecule has 1 aromatic carbocycles. The molecule has 0 radical (unpaired) electrons. The van der Waals surface area contributed by atoms with E-state index in [1.165, 1.54) is 23.9 Å². The minimum absolute atomic E-state index is 0.0410. The van der Waals surface area contributed by atoms with Crippen molar-refractivity contribution in [1.82, 2.24) is 0 Å². The fraction of sp³-hybridized carbons (Fsp3) is 0.562. The molecule has 0 amide bonds. The summed E-state index contributed by atoms with van der Waals surface area (Å²) >= 11 is 0. The third-order valence-electron chi connectivity index (χ3n) is 3.41. The van der Waals surface area contributed by atoms with E-state index in [9.17, 15) is 4.79 Å². The van der Waals surface area contributed by atoms with Crippen LogP contribution < -0.4 is 5.46 Å². The highest BCUT2D eigenvalue weighted by atomic mass is 16.5. The van der Waals surface area contributed by atoms with E-state index in [1.807, 2.05) is 13.8 Å². The molecule has 0 N–H and O–H groups in total. The monoisotopic (exact) mass is 260 g/mol. The Morgan fingerprint density at radius 1 is 1.21 bits per heavy atom. The summed E-state index contributed by atoms with van der Waals surface area (Å²) < 4.78 is 5.00. The molecule has 0 aliphatic rings. The lowest BCUT2D eigenvalue weighted by molar-refractivity contribution is -0.147. The number of esters is 1. The summed E-state index contributed by atoms with van der Waals surface area (Å²) in [7, 11) is 2.11. The summed E-state index contributed by atoms with van der Waals surface area (Å²) in [6.07, 6.45) is 5.54. The predicted octanol–water partition coefficient (Wildman–Crippen LogP) is 2.25. The zero-order valence-corrected chi connectivity index (χ0v) is 12.4. The number of aryl methyl sites for hydroxylation is 1. The topological polar surface area (TPSA) is 26.3 Å². The smallest absolute Gasteiger partial charge is 0.308 e. The van der Waals surface area contributed by atoms with E-state index in [1.54, 1.807) is 0 Å². The fourth-order valence-electron chi connectivity index (χ4n) is 2.11. The van der Waals surface area contributed by atoms with Crippen LogP contribution in [0.2, 0.25) is 0 Å². The lowest BCUT2D eigenvalue weighted by Crippen LogP contribution is -2.14.